The first-order valence-electron chi connectivity index (χ1n) is 6.87. The highest BCUT2D eigenvalue weighted by molar-refractivity contribution is 9.10. The first-order chi connectivity index (χ1) is 9.89. The van der Waals surface area contributed by atoms with Crippen LogP contribution in [-0.2, 0) is 4.79 Å². The van der Waals surface area contributed by atoms with E-state index in [2.05, 4.69) is 15.9 Å². The Labute approximate surface area is 131 Å². The summed E-state index contributed by atoms with van der Waals surface area (Å²) in [6.07, 6.45) is 1.35. The Morgan fingerprint density at radius 1 is 1.38 bits per heavy atom. The zero-order valence-electron chi connectivity index (χ0n) is 11.7. The summed E-state index contributed by atoms with van der Waals surface area (Å²) >= 11 is 3.15. The Hall–Kier alpha value is -1.43. The predicted octanol–water partition coefficient (Wildman–Crippen LogP) is 3.31. The average Bonchev–Trinajstić information content (AvgIpc) is 2.46. The van der Waals surface area contributed by atoms with Gasteiger partial charge in [-0.1, -0.05) is 22.9 Å². The van der Waals surface area contributed by atoms with Crippen LogP contribution in [0.4, 0.5) is 4.39 Å². The molecule has 0 spiro atoms. The lowest BCUT2D eigenvalue weighted by Crippen LogP contribution is -2.46. The van der Waals surface area contributed by atoms with Crippen LogP contribution in [0.25, 0.3) is 0 Å². The molecule has 2 rings (SSSR count). The summed E-state index contributed by atoms with van der Waals surface area (Å²) in [4.78, 5) is 25.2. The minimum atomic E-state index is -0.813. The lowest BCUT2D eigenvalue weighted by molar-refractivity contribution is -0.152. The summed E-state index contributed by atoms with van der Waals surface area (Å²) in [6.45, 7) is 2.53. The van der Waals surface area contributed by atoms with Crippen molar-refractivity contribution >= 4 is 27.8 Å². The number of hydrogen-bond acceptors (Lipinski definition) is 2. The van der Waals surface area contributed by atoms with E-state index in [0.29, 0.717) is 36.8 Å². The molecule has 1 aromatic carbocycles. The number of carboxylic acids is 1. The third kappa shape index (κ3) is 3.10. The van der Waals surface area contributed by atoms with Gasteiger partial charge in [0, 0.05) is 17.6 Å². The molecule has 1 amide bonds. The molecule has 1 aromatic rings. The molecule has 1 fully saturated rings. The minimum absolute atomic E-state index is 0.0255. The first kappa shape index (κ1) is 15.9. The number of aliphatic carboxylic acids is 1. The fraction of sp³-hybridized carbons (Fsp3) is 0.467. The van der Waals surface area contributed by atoms with E-state index in [1.54, 1.807) is 6.07 Å². The van der Waals surface area contributed by atoms with Crippen molar-refractivity contribution in [3.05, 3.63) is 34.1 Å². The quantitative estimate of drug-likeness (QED) is 0.902. The summed E-state index contributed by atoms with van der Waals surface area (Å²) in [5.41, 5.74) is -0.729. The number of carbonyl (C=O) groups excluding carboxylic acids is 1. The molecule has 1 aliphatic rings. The number of benzene rings is 1. The summed E-state index contributed by atoms with van der Waals surface area (Å²) in [7, 11) is 0. The molecule has 1 saturated heterocycles. The average molecular weight is 358 g/mol. The molecule has 1 aliphatic heterocycles. The zero-order valence-corrected chi connectivity index (χ0v) is 13.3. The van der Waals surface area contributed by atoms with Crippen LogP contribution in [0, 0.1) is 11.2 Å². The van der Waals surface area contributed by atoms with Crippen LogP contribution < -0.4 is 0 Å². The van der Waals surface area contributed by atoms with E-state index in [1.165, 1.54) is 17.0 Å². The van der Waals surface area contributed by atoms with Crippen LogP contribution in [0.5, 0.6) is 0 Å². The number of piperidine rings is 1. The Bertz CT molecular complexity index is 568. The van der Waals surface area contributed by atoms with Crippen molar-refractivity contribution in [2.24, 2.45) is 5.41 Å². The number of carbonyl (C=O) groups is 2. The van der Waals surface area contributed by atoms with Crippen molar-refractivity contribution in [2.45, 2.75) is 26.2 Å². The largest absolute Gasteiger partial charge is 0.481 e. The van der Waals surface area contributed by atoms with Crippen molar-refractivity contribution in [3.63, 3.8) is 0 Å². The highest BCUT2D eigenvalue weighted by Crippen LogP contribution is 2.35. The van der Waals surface area contributed by atoms with Crippen molar-refractivity contribution in [1.82, 2.24) is 4.90 Å². The van der Waals surface area contributed by atoms with Crippen LogP contribution in [0.15, 0.2) is 22.7 Å². The maximum Gasteiger partial charge on any atom is 0.309 e. The van der Waals surface area contributed by atoms with Gasteiger partial charge in [-0.15, -0.1) is 0 Å². The predicted molar refractivity (Wildman–Crippen MR) is 79.6 cm³/mol. The van der Waals surface area contributed by atoms with Crippen LogP contribution in [0.1, 0.15) is 36.5 Å². The molecule has 6 heteroatoms. The molecule has 0 unspecified atom stereocenters. The number of nitrogens with zero attached hydrogens (tertiary/aromatic N) is 1. The SMILES string of the molecule is CCC1(C(=O)O)CCN(C(=O)c2ccc(Br)cc2F)CC1. The third-order valence-electron chi connectivity index (χ3n) is 4.30. The van der Waals surface area contributed by atoms with Gasteiger partial charge in [0.15, 0.2) is 0 Å². The van der Waals surface area contributed by atoms with Gasteiger partial charge in [0.1, 0.15) is 5.82 Å². The molecule has 0 atom stereocenters. The van der Waals surface area contributed by atoms with Crippen molar-refractivity contribution in [2.75, 3.05) is 13.1 Å². The summed E-state index contributed by atoms with van der Waals surface area (Å²) in [5.74, 6) is -1.76. The maximum atomic E-state index is 13.8. The normalized spacial score (nSPS) is 17.6. The van der Waals surface area contributed by atoms with Crippen LogP contribution in [0.3, 0.4) is 0 Å². The fourth-order valence-corrected chi connectivity index (χ4v) is 3.02. The van der Waals surface area contributed by atoms with Crippen LogP contribution in [0.2, 0.25) is 0 Å². The second kappa shape index (κ2) is 6.13. The molecule has 0 aromatic heterocycles. The van der Waals surface area contributed by atoms with Gasteiger partial charge in [-0.3, -0.25) is 9.59 Å². The number of carboxylic acid groups (broad SMARTS) is 1. The van der Waals surface area contributed by atoms with Gasteiger partial charge < -0.3 is 10.0 Å². The highest BCUT2D eigenvalue weighted by Gasteiger charge is 2.41. The molecule has 114 valence electrons. The molecule has 1 N–H and O–H groups in total. The second-order valence-corrected chi connectivity index (χ2v) is 6.27. The van der Waals surface area contributed by atoms with E-state index in [0.717, 1.165) is 0 Å². The van der Waals surface area contributed by atoms with Crippen LogP contribution in [-0.4, -0.2) is 35.0 Å². The maximum absolute atomic E-state index is 13.8. The Balaban J connectivity index is 2.12. The van der Waals surface area contributed by atoms with Gasteiger partial charge in [0.25, 0.3) is 5.91 Å². The molecule has 21 heavy (non-hydrogen) atoms. The van der Waals surface area contributed by atoms with E-state index in [4.69, 9.17) is 0 Å². The van der Waals surface area contributed by atoms with E-state index in [1.807, 2.05) is 6.92 Å². The Kier molecular flexibility index (Phi) is 4.66. The monoisotopic (exact) mass is 357 g/mol. The molecule has 0 saturated carbocycles. The van der Waals surface area contributed by atoms with Crippen molar-refractivity contribution in [1.29, 1.82) is 0 Å². The molecule has 0 radical (unpaired) electrons. The number of halogens is 2. The lowest BCUT2D eigenvalue weighted by atomic mass is 9.76. The lowest BCUT2D eigenvalue weighted by Gasteiger charge is -2.38. The summed E-state index contributed by atoms with van der Waals surface area (Å²) < 4.78 is 14.4. The first-order valence-corrected chi connectivity index (χ1v) is 7.66. The highest BCUT2D eigenvalue weighted by atomic mass is 79.9. The number of hydrogen-bond donors (Lipinski definition) is 1. The smallest absolute Gasteiger partial charge is 0.309 e. The fourth-order valence-electron chi connectivity index (χ4n) is 2.69. The van der Waals surface area contributed by atoms with E-state index in [9.17, 15) is 19.1 Å². The molecular weight excluding hydrogens is 341 g/mol. The van der Waals surface area contributed by atoms with E-state index in [-0.39, 0.29) is 11.5 Å². The Morgan fingerprint density at radius 3 is 2.48 bits per heavy atom. The second-order valence-electron chi connectivity index (χ2n) is 5.36. The summed E-state index contributed by atoms with van der Waals surface area (Å²) in [6, 6.07) is 4.32. The topological polar surface area (TPSA) is 57.6 Å². The van der Waals surface area contributed by atoms with Crippen LogP contribution >= 0.6 is 15.9 Å². The molecule has 0 bridgehead atoms. The van der Waals surface area contributed by atoms with Gasteiger partial charge in [0.2, 0.25) is 0 Å². The van der Waals surface area contributed by atoms with Gasteiger partial charge in [-0.05, 0) is 37.5 Å². The molecular formula is C15H17BrFNO3. The van der Waals surface area contributed by atoms with Crippen molar-refractivity contribution < 1.29 is 19.1 Å². The van der Waals surface area contributed by atoms with Gasteiger partial charge in [-0.2, -0.15) is 0 Å². The third-order valence-corrected chi connectivity index (χ3v) is 4.79. The summed E-state index contributed by atoms with van der Waals surface area (Å²) in [5, 5.41) is 9.34. The van der Waals surface area contributed by atoms with Gasteiger partial charge in [0.05, 0.1) is 11.0 Å². The Morgan fingerprint density at radius 2 is 2.00 bits per heavy atom. The van der Waals surface area contributed by atoms with E-state index < -0.39 is 17.2 Å². The van der Waals surface area contributed by atoms with Gasteiger partial charge in [-0.25, -0.2) is 4.39 Å². The van der Waals surface area contributed by atoms with Crippen molar-refractivity contribution in [3.8, 4) is 0 Å². The standard InChI is InChI=1S/C15H17BrFNO3/c1-2-15(14(20)21)5-7-18(8-6-15)13(19)11-4-3-10(16)9-12(11)17/h3-4,9H,2,5-8H2,1H3,(H,20,21). The minimum Gasteiger partial charge on any atom is -0.481 e. The molecule has 0 aliphatic carbocycles. The van der Waals surface area contributed by atoms with E-state index >= 15 is 0 Å². The molecule has 1 heterocycles. The number of likely N-dealkylation sites (tertiary alicyclic amines) is 1. The number of amides is 1. The number of rotatable bonds is 3. The molecule has 4 nitrogen and oxygen atoms in total. The zero-order chi connectivity index (χ0) is 15.6. The van der Waals surface area contributed by atoms with Gasteiger partial charge >= 0.3 is 5.97 Å².